The van der Waals surface area contributed by atoms with Gasteiger partial charge in [-0.05, 0) is 37.5 Å². The third-order valence-corrected chi connectivity index (χ3v) is 3.64. The van der Waals surface area contributed by atoms with Gasteiger partial charge in [-0.3, -0.25) is 4.79 Å². The Bertz CT molecular complexity index is 418. The molecule has 0 aromatic heterocycles. The molecule has 0 aliphatic carbocycles. The minimum Gasteiger partial charge on any atom is -0.481 e. The van der Waals surface area contributed by atoms with Crippen molar-refractivity contribution in [3.63, 3.8) is 0 Å². The van der Waals surface area contributed by atoms with E-state index in [9.17, 15) is 9.90 Å². The maximum Gasteiger partial charge on any atom is 0.309 e. The van der Waals surface area contributed by atoms with Gasteiger partial charge in [0.15, 0.2) is 0 Å². The van der Waals surface area contributed by atoms with E-state index in [1.807, 2.05) is 13.0 Å². The molecule has 0 fully saturated rings. The van der Waals surface area contributed by atoms with Crippen LogP contribution >= 0.6 is 23.2 Å². The van der Waals surface area contributed by atoms with Crippen molar-refractivity contribution in [3.05, 3.63) is 33.8 Å². The third-order valence-electron chi connectivity index (χ3n) is 2.90. The van der Waals surface area contributed by atoms with Gasteiger partial charge >= 0.3 is 5.97 Å². The first-order valence-electron chi connectivity index (χ1n) is 5.56. The molecule has 1 unspecified atom stereocenters. The van der Waals surface area contributed by atoms with Crippen molar-refractivity contribution in [3.8, 4) is 0 Å². The fraction of sp³-hybridized carbons (Fsp3) is 0.462. The number of hydrogen-bond acceptors (Lipinski definition) is 1. The molecule has 17 heavy (non-hydrogen) atoms. The third kappa shape index (κ3) is 3.62. The number of carboxylic acids is 1. The minimum atomic E-state index is -0.773. The van der Waals surface area contributed by atoms with E-state index in [1.165, 1.54) is 0 Å². The lowest BCUT2D eigenvalue weighted by molar-refractivity contribution is -0.148. The van der Waals surface area contributed by atoms with Gasteiger partial charge in [-0.25, -0.2) is 0 Å². The smallest absolute Gasteiger partial charge is 0.309 e. The highest BCUT2D eigenvalue weighted by atomic mass is 35.5. The predicted molar refractivity (Wildman–Crippen MR) is 70.8 cm³/mol. The van der Waals surface area contributed by atoms with Gasteiger partial charge in [0.25, 0.3) is 0 Å². The Labute approximate surface area is 112 Å². The summed E-state index contributed by atoms with van der Waals surface area (Å²) >= 11 is 11.7. The second-order valence-electron chi connectivity index (χ2n) is 4.54. The Balaban J connectivity index is 2.94. The fourth-order valence-electron chi connectivity index (χ4n) is 1.92. The summed E-state index contributed by atoms with van der Waals surface area (Å²) in [6, 6.07) is 5.26. The maximum atomic E-state index is 11.3. The van der Waals surface area contributed by atoms with Crippen LogP contribution in [-0.2, 0) is 11.2 Å². The highest BCUT2D eigenvalue weighted by Crippen LogP contribution is 2.31. The van der Waals surface area contributed by atoms with E-state index in [0.29, 0.717) is 22.9 Å². The van der Waals surface area contributed by atoms with Crippen LogP contribution in [0.15, 0.2) is 18.2 Å². The van der Waals surface area contributed by atoms with Crippen molar-refractivity contribution in [2.75, 3.05) is 0 Å². The average Bonchev–Trinajstić information content (AvgIpc) is 2.23. The van der Waals surface area contributed by atoms with Crippen LogP contribution in [-0.4, -0.2) is 11.1 Å². The molecule has 1 aromatic rings. The molecule has 0 spiro atoms. The summed E-state index contributed by atoms with van der Waals surface area (Å²) in [5.41, 5.74) is 0.157. The quantitative estimate of drug-likeness (QED) is 0.863. The normalized spacial score (nSPS) is 14.4. The lowest BCUT2D eigenvalue weighted by Crippen LogP contribution is -2.29. The summed E-state index contributed by atoms with van der Waals surface area (Å²) in [6.45, 7) is 3.75. The van der Waals surface area contributed by atoms with Crippen molar-refractivity contribution in [1.29, 1.82) is 0 Å². The SMILES string of the molecule is CCCC(C)(Cc1ccc(Cl)c(Cl)c1)C(=O)O. The van der Waals surface area contributed by atoms with E-state index in [4.69, 9.17) is 23.2 Å². The molecule has 94 valence electrons. The van der Waals surface area contributed by atoms with Crippen molar-refractivity contribution in [2.24, 2.45) is 5.41 Å². The van der Waals surface area contributed by atoms with E-state index >= 15 is 0 Å². The van der Waals surface area contributed by atoms with Crippen molar-refractivity contribution >= 4 is 29.2 Å². The first kappa shape index (κ1) is 14.3. The highest BCUT2D eigenvalue weighted by Gasteiger charge is 2.32. The molecule has 2 nitrogen and oxygen atoms in total. The molecular weight excluding hydrogens is 259 g/mol. The molecule has 0 saturated carbocycles. The van der Waals surface area contributed by atoms with Crippen LogP contribution in [0.3, 0.4) is 0 Å². The van der Waals surface area contributed by atoms with E-state index in [0.717, 1.165) is 12.0 Å². The Morgan fingerprint density at radius 1 is 1.35 bits per heavy atom. The first-order valence-corrected chi connectivity index (χ1v) is 6.32. The lowest BCUT2D eigenvalue weighted by atomic mass is 9.80. The van der Waals surface area contributed by atoms with Gasteiger partial charge in [0, 0.05) is 0 Å². The topological polar surface area (TPSA) is 37.3 Å². The number of aliphatic carboxylic acids is 1. The molecule has 1 atom stereocenters. The average molecular weight is 275 g/mol. The number of carbonyl (C=O) groups is 1. The standard InChI is InChI=1S/C13H16Cl2O2/c1-3-6-13(2,12(16)17)8-9-4-5-10(14)11(15)7-9/h4-5,7H,3,6,8H2,1-2H3,(H,16,17). The molecule has 0 amide bonds. The predicted octanol–water partition coefficient (Wildman–Crippen LogP) is 4.43. The second-order valence-corrected chi connectivity index (χ2v) is 5.36. The van der Waals surface area contributed by atoms with E-state index in [2.05, 4.69) is 0 Å². The van der Waals surface area contributed by atoms with Gasteiger partial charge < -0.3 is 5.11 Å². The molecule has 0 aliphatic rings. The molecule has 0 bridgehead atoms. The Kier molecular flexibility index (Phi) is 4.84. The van der Waals surface area contributed by atoms with E-state index < -0.39 is 11.4 Å². The van der Waals surface area contributed by atoms with Crippen LogP contribution in [0.2, 0.25) is 10.0 Å². The zero-order valence-electron chi connectivity index (χ0n) is 9.96. The van der Waals surface area contributed by atoms with Crippen LogP contribution in [0.1, 0.15) is 32.3 Å². The van der Waals surface area contributed by atoms with Crippen molar-refractivity contribution < 1.29 is 9.90 Å². The Hall–Kier alpha value is -0.730. The monoisotopic (exact) mass is 274 g/mol. The number of carboxylic acid groups (broad SMARTS) is 1. The lowest BCUT2D eigenvalue weighted by Gasteiger charge is -2.24. The Morgan fingerprint density at radius 3 is 2.47 bits per heavy atom. The molecule has 0 saturated heterocycles. The summed E-state index contributed by atoms with van der Waals surface area (Å²) in [5.74, 6) is -0.773. The molecule has 0 aliphatic heterocycles. The summed E-state index contributed by atoms with van der Waals surface area (Å²) in [7, 11) is 0. The molecule has 0 radical (unpaired) electrons. The van der Waals surface area contributed by atoms with Gasteiger partial charge in [0.1, 0.15) is 0 Å². The summed E-state index contributed by atoms with van der Waals surface area (Å²) in [5, 5.41) is 10.2. The van der Waals surface area contributed by atoms with Gasteiger partial charge in [0.05, 0.1) is 15.5 Å². The summed E-state index contributed by atoms with van der Waals surface area (Å²) in [4.78, 5) is 11.3. The molecule has 1 N–H and O–H groups in total. The molecule has 0 heterocycles. The van der Waals surface area contributed by atoms with Gasteiger partial charge in [-0.1, -0.05) is 42.6 Å². The van der Waals surface area contributed by atoms with Gasteiger partial charge in [0.2, 0.25) is 0 Å². The molecular formula is C13H16Cl2O2. The summed E-state index contributed by atoms with van der Waals surface area (Å²) in [6.07, 6.45) is 1.94. The fourth-order valence-corrected chi connectivity index (χ4v) is 2.24. The molecule has 4 heteroatoms. The number of benzene rings is 1. The zero-order chi connectivity index (χ0) is 13.1. The van der Waals surface area contributed by atoms with Gasteiger partial charge in [-0.2, -0.15) is 0 Å². The number of halogens is 2. The van der Waals surface area contributed by atoms with Crippen molar-refractivity contribution in [1.82, 2.24) is 0 Å². The molecule has 1 rings (SSSR count). The maximum absolute atomic E-state index is 11.3. The second kappa shape index (κ2) is 5.74. The number of hydrogen-bond donors (Lipinski definition) is 1. The number of rotatable bonds is 5. The van der Waals surface area contributed by atoms with E-state index in [1.54, 1.807) is 19.1 Å². The van der Waals surface area contributed by atoms with Crippen LogP contribution in [0.5, 0.6) is 0 Å². The van der Waals surface area contributed by atoms with Gasteiger partial charge in [-0.15, -0.1) is 0 Å². The van der Waals surface area contributed by atoms with Crippen LogP contribution in [0.25, 0.3) is 0 Å². The van der Waals surface area contributed by atoms with Crippen LogP contribution in [0.4, 0.5) is 0 Å². The largest absolute Gasteiger partial charge is 0.481 e. The first-order chi connectivity index (χ1) is 7.89. The highest BCUT2D eigenvalue weighted by molar-refractivity contribution is 6.42. The Morgan fingerprint density at radius 2 is 2.00 bits per heavy atom. The van der Waals surface area contributed by atoms with Crippen LogP contribution < -0.4 is 0 Å². The van der Waals surface area contributed by atoms with Crippen molar-refractivity contribution in [2.45, 2.75) is 33.1 Å². The van der Waals surface area contributed by atoms with Crippen LogP contribution in [0, 0.1) is 5.41 Å². The van der Waals surface area contributed by atoms with E-state index in [-0.39, 0.29) is 0 Å². The zero-order valence-corrected chi connectivity index (χ0v) is 11.5. The summed E-state index contributed by atoms with van der Waals surface area (Å²) < 4.78 is 0. The minimum absolute atomic E-state index is 0.465. The molecule has 1 aromatic carbocycles.